The second-order valence-corrected chi connectivity index (χ2v) is 5.40. The van der Waals surface area contributed by atoms with Gasteiger partial charge in [0.25, 0.3) is 5.91 Å². The Bertz CT molecular complexity index is 887. The maximum Gasteiger partial charge on any atom is 0.271 e. The van der Waals surface area contributed by atoms with Gasteiger partial charge in [-0.2, -0.15) is 5.10 Å². The van der Waals surface area contributed by atoms with Crippen LogP contribution in [-0.4, -0.2) is 39.6 Å². The molecule has 0 aliphatic heterocycles. The van der Waals surface area contributed by atoms with Gasteiger partial charge in [0, 0.05) is 5.56 Å². The Hall–Kier alpha value is -3.66. The number of nitrogens with one attached hydrogen (secondary N) is 1. The third-order valence-electron chi connectivity index (χ3n) is 3.60. The van der Waals surface area contributed by atoms with Gasteiger partial charge in [-0.05, 0) is 48.9 Å². The highest BCUT2D eigenvalue weighted by Crippen LogP contribution is 2.28. The molecule has 2 aromatic carbocycles. The Morgan fingerprint density at radius 1 is 1.07 bits per heavy atom. The summed E-state index contributed by atoms with van der Waals surface area (Å²) >= 11 is 0. The van der Waals surface area contributed by atoms with E-state index in [-0.39, 0.29) is 12.5 Å². The van der Waals surface area contributed by atoms with Crippen LogP contribution in [0.2, 0.25) is 0 Å². The zero-order valence-corrected chi connectivity index (χ0v) is 16.0. The molecule has 7 nitrogen and oxygen atoms in total. The fourth-order valence-corrected chi connectivity index (χ4v) is 2.32. The van der Waals surface area contributed by atoms with E-state index >= 15 is 0 Å². The first kappa shape index (κ1) is 20.6. The Morgan fingerprint density at radius 3 is 2.50 bits per heavy atom. The number of hydrogen-bond acceptors (Lipinski definition) is 6. The first-order valence-corrected chi connectivity index (χ1v) is 8.51. The highest BCUT2D eigenvalue weighted by Gasteiger charge is 2.10. The minimum absolute atomic E-state index is 0.144. The summed E-state index contributed by atoms with van der Waals surface area (Å²) in [6.07, 6.45) is 6.69. The lowest BCUT2D eigenvalue weighted by Crippen LogP contribution is -2.17. The molecule has 0 aliphatic rings. The van der Waals surface area contributed by atoms with E-state index in [1.54, 1.807) is 43.5 Å². The Morgan fingerprint density at radius 2 is 1.82 bits per heavy atom. The largest absolute Gasteiger partial charge is 0.493 e. The molecule has 0 saturated heterocycles. The minimum atomic E-state index is -0.374. The SMILES string of the molecule is C#CCOc1ccc(/C=N/NC(=O)c2ccc(OC)c(OCC)c2)cc1OC. The van der Waals surface area contributed by atoms with Crippen LogP contribution in [0.25, 0.3) is 0 Å². The molecule has 1 amide bonds. The molecule has 0 fully saturated rings. The third-order valence-corrected chi connectivity index (χ3v) is 3.60. The number of carbonyl (C=O) groups is 1. The molecule has 0 radical (unpaired) electrons. The van der Waals surface area contributed by atoms with Crippen LogP contribution >= 0.6 is 0 Å². The Balaban J connectivity index is 2.07. The van der Waals surface area contributed by atoms with Crippen LogP contribution < -0.4 is 24.4 Å². The predicted octanol–water partition coefficient (Wildman–Crippen LogP) is 2.88. The molecule has 28 heavy (non-hydrogen) atoms. The second kappa shape index (κ2) is 10.5. The van der Waals surface area contributed by atoms with Crippen LogP contribution in [0.5, 0.6) is 23.0 Å². The van der Waals surface area contributed by atoms with Crippen molar-refractivity contribution in [1.29, 1.82) is 0 Å². The molecule has 146 valence electrons. The maximum atomic E-state index is 12.3. The number of methoxy groups -OCH3 is 2. The van der Waals surface area contributed by atoms with Crippen molar-refractivity contribution >= 4 is 12.1 Å². The van der Waals surface area contributed by atoms with Gasteiger partial charge in [-0.25, -0.2) is 5.43 Å². The number of terminal acetylenes is 1. The summed E-state index contributed by atoms with van der Waals surface area (Å²) in [4.78, 5) is 12.3. The van der Waals surface area contributed by atoms with Gasteiger partial charge in [0.2, 0.25) is 0 Å². The minimum Gasteiger partial charge on any atom is -0.493 e. The number of amides is 1. The van der Waals surface area contributed by atoms with E-state index < -0.39 is 0 Å². The van der Waals surface area contributed by atoms with E-state index in [4.69, 9.17) is 25.4 Å². The average Bonchev–Trinajstić information content (AvgIpc) is 2.72. The Labute approximate surface area is 164 Å². The molecule has 2 aromatic rings. The lowest BCUT2D eigenvalue weighted by Gasteiger charge is -2.10. The summed E-state index contributed by atoms with van der Waals surface area (Å²) in [6.45, 7) is 2.46. The zero-order chi connectivity index (χ0) is 20.4. The van der Waals surface area contributed by atoms with Gasteiger partial charge in [0.05, 0.1) is 27.0 Å². The number of ether oxygens (including phenoxy) is 4. The highest BCUT2D eigenvalue weighted by molar-refractivity contribution is 5.95. The first-order valence-electron chi connectivity index (χ1n) is 8.51. The first-order chi connectivity index (χ1) is 13.6. The van der Waals surface area contributed by atoms with Crippen LogP contribution in [0.1, 0.15) is 22.8 Å². The second-order valence-electron chi connectivity index (χ2n) is 5.40. The summed E-state index contributed by atoms with van der Waals surface area (Å²) in [5.74, 6) is 4.12. The molecule has 7 heteroatoms. The number of carbonyl (C=O) groups excluding carboxylic acids is 1. The number of benzene rings is 2. The van der Waals surface area contributed by atoms with Gasteiger partial charge >= 0.3 is 0 Å². The average molecular weight is 382 g/mol. The molecule has 1 N–H and O–H groups in total. The van der Waals surface area contributed by atoms with Gasteiger partial charge < -0.3 is 18.9 Å². The van der Waals surface area contributed by atoms with Crippen LogP contribution in [0.15, 0.2) is 41.5 Å². The van der Waals surface area contributed by atoms with Gasteiger partial charge in [-0.1, -0.05) is 5.92 Å². The van der Waals surface area contributed by atoms with E-state index in [1.165, 1.54) is 13.3 Å². The van der Waals surface area contributed by atoms with Gasteiger partial charge in [-0.15, -0.1) is 6.42 Å². The lowest BCUT2D eigenvalue weighted by molar-refractivity contribution is 0.0954. The van der Waals surface area contributed by atoms with Gasteiger partial charge in [0.15, 0.2) is 23.0 Å². The molecular formula is C21H22N2O5. The molecule has 0 spiro atoms. The highest BCUT2D eigenvalue weighted by atomic mass is 16.5. The Kier molecular flexibility index (Phi) is 7.73. The van der Waals surface area contributed by atoms with Crippen molar-refractivity contribution < 1.29 is 23.7 Å². The van der Waals surface area contributed by atoms with E-state index in [0.717, 1.165) is 5.56 Å². The molecule has 0 heterocycles. The zero-order valence-electron chi connectivity index (χ0n) is 16.0. The number of nitrogens with zero attached hydrogens (tertiary/aromatic N) is 1. The predicted molar refractivity (Wildman–Crippen MR) is 107 cm³/mol. The normalized spacial score (nSPS) is 10.2. The van der Waals surface area contributed by atoms with Crippen molar-refractivity contribution in [1.82, 2.24) is 5.43 Å². The number of hydrazone groups is 1. The number of rotatable bonds is 9. The summed E-state index contributed by atoms with van der Waals surface area (Å²) in [6, 6.07) is 10.1. The molecule has 0 aromatic heterocycles. The smallest absolute Gasteiger partial charge is 0.271 e. The van der Waals surface area contributed by atoms with E-state index in [9.17, 15) is 4.79 Å². The molecule has 2 rings (SSSR count). The van der Waals surface area contributed by atoms with Crippen LogP contribution in [0.3, 0.4) is 0 Å². The monoisotopic (exact) mass is 382 g/mol. The fraction of sp³-hybridized carbons (Fsp3) is 0.238. The lowest BCUT2D eigenvalue weighted by atomic mass is 10.2. The van der Waals surface area contributed by atoms with Crippen molar-refractivity contribution in [2.24, 2.45) is 5.10 Å². The van der Waals surface area contributed by atoms with Gasteiger partial charge in [-0.3, -0.25) is 4.79 Å². The van der Waals surface area contributed by atoms with Crippen molar-refractivity contribution in [2.45, 2.75) is 6.92 Å². The van der Waals surface area contributed by atoms with Crippen LogP contribution in [0.4, 0.5) is 0 Å². The standard InChI is InChI=1S/C21H22N2O5/c1-5-11-28-18-9-7-15(12-19(18)26-4)14-22-23-21(24)16-8-10-17(25-3)20(13-16)27-6-2/h1,7-10,12-14H,6,11H2,2-4H3,(H,23,24)/b22-14+. The summed E-state index contributed by atoms with van der Waals surface area (Å²) in [7, 11) is 3.07. The van der Waals surface area contributed by atoms with Crippen molar-refractivity contribution in [3.8, 4) is 35.3 Å². The van der Waals surface area contributed by atoms with Crippen molar-refractivity contribution in [2.75, 3.05) is 27.4 Å². The molecule has 0 bridgehead atoms. The maximum absolute atomic E-state index is 12.3. The van der Waals surface area contributed by atoms with Crippen LogP contribution in [-0.2, 0) is 0 Å². The number of hydrogen-bond donors (Lipinski definition) is 1. The molecular weight excluding hydrogens is 360 g/mol. The van der Waals surface area contributed by atoms with E-state index in [0.29, 0.717) is 35.2 Å². The molecule has 0 atom stereocenters. The van der Waals surface area contributed by atoms with Crippen LogP contribution in [0, 0.1) is 12.3 Å². The van der Waals surface area contributed by atoms with E-state index in [1.807, 2.05) is 6.92 Å². The molecule has 0 unspecified atom stereocenters. The third kappa shape index (κ3) is 5.42. The van der Waals surface area contributed by atoms with E-state index in [2.05, 4.69) is 16.4 Å². The summed E-state index contributed by atoms with van der Waals surface area (Å²) < 4.78 is 21.3. The van der Waals surface area contributed by atoms with Crippen molar-refractivity contribution in [3.05, 3.63) is 47.5 Å². The topological polar surface area (TPSA) is 78.4 Å². The summed E-state index contributed by atoms with van der Waals surface area (Å²) in [5.41, 5.74) is 3.59. The summed E-state index contributed by atoms with van der Waals surface area (Å²) in [5, 5.41) is 3.98. The quantitative estimate of drug-likeness (QED) is 0.410. The van der Waals surface area contributed by atoms with Crippen molar-refractivity contribution in [3.63, 3.8) is 0 Å². The fourth-order valence-electron chi connectivity index (χ4n) is 2.32. The van der Waals surface area contributed by atoms with Gasteiger partial charge in [0.1, 0.15) is 6.61 Å². The molecule has 0 aliphatic carbocycles. The molecule has 0 saturated carbocycles.